The summed E-state index contributed by atoms with van der Waals surface area (Å²) in [5.41, 5.74) is 1.32. The zero-order valence-electron chi connectivity index (χ0n) is 12.2. The van der Waals surface area contributed by atoms with Crippen LogP contribution in [0.2, 0.25) is 0 Å². The lowest BCUT2D eigenvalue weighted by Crippen LogP contribution is -2.17. The van der Waals surface area contributed by atoms with Crippen molar-refractivity contribution in [3.05, 3.63) is 18.6 Å². The van der Waals surface area contributed by atoms with Gasteiger partial charge >= 0.3 is 0 Å². The van der Waals surface area contributed by atoms with Crippen molar-refractivity contribution in [3.63, 3.8) is 0 Å². The molecule has 0 saturated carbocycles. The minimum Gasteiger partial charge on any atom is -0.328 e. The summed E-state index contributed by atoms with van der Waals surface area (Å²) in [4.78, 5) is 0. The Hall–Kier alpha value is -0.260. The fourth-order valence-electron chi connectivity index (χ4n) is 2.09. The van der Waals surface area contributed by atoms with Crippen LogP contribution >= 0.6 is 0 Å². The van der Waals surface area contributed by atoms with Gasteiger partial charge in [-0.1, -0.05) is 45.6 Å². The minimum absolute atomic E-state index is 0.775. The van der Waals surface area contributed by atoms with Gasteiger partial charge in [0.15, 0.2) is 0 Å². The predicted molar refractivity (Wildman–Crippen MR) is 75.3 cm³/mol. The maximum atomic E-state index is 3.99. The number of rotatable bonds is 8. The van der Waals surface area contributed by atoms with E-state index in [9.17, 15) is 0 Å². The standard InChI is InChI=1S/C16H31/c1-8-16(11-15(7)13(4)5)14(6)10-9-12(2)3/h8,13-16H,2,9-11H2,1,3-7H3/q-1. The van der Waals surface area contributed by atoms with Crippen molar-refractivity contribution in [1.82, 2.24) is 0 Å². The van der Waals surface area contributed by atoms with E-state index in [1.807, 2.05) is 0 Å². The summed E-state index contributed by atoms with van der Waals surface area (Å²) in [6.07, 6.45) is 6.21. The third-order valence-electron chi connectivity index (χ3n) is 3.97. The average Bonchev–Trinajstić information content (AvgIpc) is 2.21. The molecule has 0 amide bonds. The Morgan fingerprint density at radius 2 is 1.69 bits per heavy atom. The summed E-state index contributed by atoms with van der Waals surface area (Å²) >= 11 is 0. The maximum Gasteiger partial charge on any atom is -0.0324 e. The normalized spacial score (nSPS) is 17.2. The summed E-state index contributed by atoms with van der Waals surface area (Å²) in [5.74, 6) is 3.20. The number of hydrogen-bond acceptors (Lipinski definition) is 0. The molecule has 0 bridgehead atoms. The molecule has 0 radical (unpaired) electrons. The van der Waals surface area contributed by atoms with Crippen LogP contribution in [-0.4, -0.2) is 0 Å². The molecule has 0 heteroatoms. The van der Waals surface area contributed by atoms with Crippen molar-refractivity contribution >= 4 is 0 Å². The van der Waals surface area contributed by atoms with Crippen LogP contribution in [-0.2, 0) is 0 Å². The van der Waals surface area contributed by atoms with Crippen LogP contribution in [0.15, 0.2) is 12.2 Å². The van der Waals surface area contributed by atoms with E-state index in [2.05, 4.69) is 54.5 Å². The highest BCUT2D eigenvalue weighted by Gasteiger charge is 2.14. The molecule has 0 aliphatic carbocycles. The Morgan fingerprint density at radius 3 is 2.06 bits per heavy atom. The monoisotopic (exact) mass is 223 g/mol. The van der Waals surface area contributed by atoms with E-state index in [1.165, 1.54) is 24.8 Å². The predicted octanol–water partition coefficient (Wildman–Crippen LogP) is 5.50. The van der Waals surface area contributed by atoms with Gasteiger partial charge in [-0.25, -0.2) is 0 Å². The van der Waals surface area contributed by atoms with Gasteiger partial charge in [-0.3, -0.25) is 0 Å². The Balaban J connectivity index is 4.10. The molecule has 0 nitrogen and oxygen atoms in total. The van der Waals surface area contributed by atoms with Crippen LogP contribution in [0.3, 0.4) is 0 Å². The zero-order valence-corrected chi connectivity index (χ0v) is 12.2. The average molecular weight is 223 g/mol. The quantitative estimate of drug-likeness (QED) is 0.376. The van der Waals surface area contributed by atoms with Crippen LogP contribution < -0.4 is 0 Å². The number of allylic oxidation sites excluding steroid dienone is 1. The molecule has 0 spiro atoms. The van der Waals surface area contributed by atoms with E-state index in [4.69, 9.17) is 0 Å². The van der Waals surface area contributed by atoms with E-state index in [1.54, 1.807) is 0 Å². The fourth-order valence-corrected chi connectivity index (χ4v) is 2.09. The van der Waals surface area contributed by atoms with Crippen molar-refractivity contribution in [2.75, 3.05) is 0 Å². The Labute approximate surface area is 104 Å². The van der Waals surface area contributed by atoms with E-state index in [0.29, 0.717) is 0 Å². The van der Waals surface area contributed by atoms with Crippen molar-refractivity contribution in [3.8, 4) is 0 Å². The lowest BCUT2D eigenvalue weighted by Gasteiger charge is -2.34. The summed E-state index contributed by atoms with van der Waals surface area (Å²) in [6, 6.07) is 0. The van der Waals surface area contributed by atoms with Gasteiger partial charge in [-0.2, -0.15) is 12.8 Å². The van der Waals surface area contributed by atoms with E-state index >= 15 is 0 Å². The lowest BCUT2D eigenvalue weighted by molar-refractivity contribution is 0.273. The molecular formula is C16H31-. The van der Waals surface area contributed by atoms with E-state index in [0.717, 1.165) is 23.7 Å². The van der Waals surface area contributed by atoms with Crippen LogP contribution in [0.1, 0.15) is 60.8 Å². The van der Waals surface area contributed by atoms with Crippen LogP contribution in [0.4, 0.5) is 0 Å². The van der Waals surface area contributed by atoms with Crippen molar-refractivity contribution < 1.29 is 0 Å². The second-order valence-corrected chi connectivity index (χ2v) is 5.93. The van der Waals surface area contributed by atoms with Gasteiger partial charge in [0.05, 0.1) is 0 Å². The molecule has 3 unspecified atom stereocenters. The molecule has 0 aromatic carbocycles. The van der Waals surface area contributed by atoms with Crippen molar-refractivity contribution in [2.45, 2.75) is 60.8 Å². The molecule has 0 aliphatic rings. The minimum atomic E-state index is 0.775. The lowest BCUT2D eigenvalue weighted by atomic mass is 9.78. The van der Waals surface area contributed by atoms with Gasteiger partial charge < -0.3 is 6.42 Å². The second-order valence-electron chi connectivity index (χ2n) is 5.93. The van der Waals surface area contributed by atoms with Gasteiger partial charge in [0.1, 0.15) is 0 Å². The molecule has 96 valence electrons. The molecular weight excluding hydrogens is 192 g/mol. The molecule has 0 rings (SSSR count). The Bertz CT molecular complexity index is 190. The summed E-state index contributed by atoms with van der Waals surface area (Å²) < 4.78 is 0. The third-order valence-corrected chi connectivity index (χ3v) is 3.97. The second kappa shape index (κ2) is 7.92. The van der Waals surface area contributed by atoms with Gasteiger partial charge in [0, 0.05) is 0 Å². The van der Waals surface area contributed by atoms with Crippen LogP contribution in [0.25, 0.3) is 0 Å². The van der Waals surface area contributed by atoms with E-state index < -0.39 is 0 Å². The fraction of sp³-hybridized carbons (Fsp3) is 0.812. The summed E-state index contributed by atoms with van der Waals surface area (Å²) in [7, 11) is 0. The molecule has 0 aliphatic heterocycles. The molecule has 0 heterocycles. The summed E-state index contributed by atoms with van der Waals surface area (Å²) in [6.45, 7) is 17.8. The molecule has 0 aromatic heterocycles. The highest BCUT2D eigenvalue weighted by atomic mass is 14.2. The van der Waals surface area contributed by atoms with E-state index in [-0.39, 0.29) is 0 Å². The molecule has 3 atom stereocenters. The first kappa shape index (κ1) is 15.7. The largest absolute Gasteiger partial charge is 0.328 e. The van der Waals surface area contributed by atoms with Gasteiger partial charge in [0.2, 0.25) is 0 Å². The molecule has 16 heavy (non-hydrogen) atoms. The topological polar surface area (TPSA) is 0 Å². The Kier molecular flexibility index (Phi) is 7.80. The summed E-state index contributed by atoms with van der Waals surface area (Å²) in [5, 5.41) is 0. The Morgan fingerprint density at radius 1 is 1.12 bits per heavy atom. The first-order valence-electron chi connectivity index (χ1n) is 6.82. The maximum absolute atomic E-state index is 3.99. The SMILES string of the molecule is C=C(C)CCC(C)C([CH-]C)CC(C)C(C)C. The third kappa shape index (κ3) is 6.35. The van der Waals surface area contributed by atoms with Gasteiger partial charge in [-0.15, -0.1) is 6.58 Å². The first-order chi connectivity index (χ1) is 7.38. The van der Waals surface area contributed by atoms with Crippen LogP contribution in [0, 0.1) is 30.1 Å². The molecule has 0 saturated heterocycles. The van der Waals surface area contributed by atoms with Gasteiger partial charge in [-0.05, 0) is 31.6 Å². The zero-order chi connectivity index (χ0) is 12.7. The van der Waals surface area contributed by atoms with Crippen molar-refractivity contribution in [1.29, 1.82) is 0 Å². The highest BCUT2D eigenvalue weighted by Crippen LogP contribution is 2.29. The smallest absolute Gasteiger partial charge is 0.0324 e. The molecule has 0 N–H and O–H groups in total. The molecule has 0 fully saturated rings. The highest BCUT2D eigenvalue weighted by molar-refractivity contribution is 4.89. The van der Waals surface area contributed by atoms with Gasteiger partial charge in [0.25, 0.3) is 0 Å². The van der Waals surface area contributed by atoms with Crippen molar-refractivity contribution in [2.24, 2.45) is 23.7 Å². The first-order valence-corrected chi connectivity index (χ1v) is 6.82. The molecule has 0 aromatic rings. The van der Waals surface area contributed by atoms with Crippen LogP contribution in [0.5, 0.6) is 0 Å². The number of hydrogen-bond donors (Lipinski definition) is 0.